The van der Waals surface area contributed by atoms with Gasteiger partial charge in [-0.3, -0.25) is 4.90 Å². The van der Waals surface area contributed by atoms with Crippen LogP contribution in [-0.2, 0) is 13.0 Å². The maximum absolute atomic E-state index is 8.83. The molecule has 5 heteroatoms. The molecule has 0 aliphatic heterocycles. The van der Waals surface area contributed by atoms with Crippen molar-refractivity contribution >= 4 is 0 Å². The van der Waals surface area contributed by atoms with E-state index in [0.29, 0.717) is 19.0 Å². The molecule has 0 aromatic carbocycles. The number of aliphatic hydroxyl groups is 1. The molecule has 0 radical (unpaired) electrons. The molecule has 0 amide bonds. The molecule has 0 bridgehead atoms. The zero-order valence-corrected chi connectivity index (χ0v) is 9.44. The van der Waals surface area contributed by atoms with Crippen LogP contribution in [-0.4, -0.2) is 39.8 Å². The van der Waals surface area contributed by atoms with E-state index in [9.17, 15) is 0 Å². The highest BCUT2D eigenvalue weighted by molar-refractivity contribution is 4.86. The molecule has 0 saturated carbocycles. The number of aromatic nitrogens is 2. The number of rotatable bonds is 7. The summed E-state index contributed by atoms with van der Waals surface area (Å²) in [6.07, 6.45) is 1.88. The van der Waals surface area contributed by atoms with E-state index in [-0.39, 0.29) is 6.61 Å². The van der Waals surface area contributed by atoms with Gasteiger partial charge in [-0.2, -0.15) is 4.98 Å². The van der Waals surface area contributed by atoms with Gasteiger partial charge in [-0.05, 0) is 13.0 Å². The van der Waals surface area contributed by atoms with Crippen molar-refractivity contribution in [2.75, 3.05) is 19.7 Å². The summed E-state index contributed by atoms with van der Waals surface area (Å²) < 4.78 is 5.11. The van der Waals surface area contributed by atoms with Crippen molar-refractivity contribution in [3.05, 3.63) is 11.7 Å². The maximum Gasteiger partial charge on any atom is 0.240 e. The predicted molar refractivity (Wildman–Crippen MR) is 56.3 cm³/mol. The van der Waals surface area contributed by atoms with Gasteiger partial charge in [-0.15, -0.1) is 0 Å². The van der Waals surface area contributed by atoms with Crippen molar-refractivity contribution in [3.8, 4) is 0 Å². The van der Waals surface area contributed by atoms with E-state index in [0.717, 1.165) is 25.2 Å². The first-order valence-electron chi connectivity index (χ1n) is 5.44. The molecule has 0 aliphatic rings. The normalized spacial score (nSPS) is 11.2. The van der Waals surface area contributed by atoms with Gasteiger partial charge in [0.2, 0.25) is 5.89 Å². The van der Waals surface area contributed by atoms with Crippen molar-refractivity contribution in [2.45, 2.75) is 33.2 Å². The Morgan fingerprint density at radius 3 is 2.80 bits per heavy atom. The van der Waals surface area contributed by atoms with Gasteiger partial charge in [0.05, 0.1) is 13.2 Å². The molecule has 1 rings (SSSR count). The van der Waals surface area contributed by atoms with Crippen LogP contribution < -0.4 is 0 Å². The summed E-state index contributed by atoms with van der Waals surface area (Å²) in [6, 6.07) is 0. The fourth-order valence-corrected chi connectivity index (χ4v) is 1.36. The van der Waals surface area contributed by atoms with Gasteiger partial charge in [0.25, 0.3) is 0 Å². The summed E-state index contributed by atoms with van der Waals surface area (Å²) in [5, 5.41) is 12.7. The Labute approximate surface area is 90.1 Å². The third-order valence-corrected chi connectivity index (χ3v) is 2.21. The minimum absolute atomic E-state index is 0.157. The van der Waals surface area contributed by atoms with Gasteiger partial charge in [-0.1, -0.05) is 19.0 Å². The lowest BCUT2D eigenvalue weighted by Gasteiger charge is -2.15. The zero-order valence-electron chi connectivity index (χ0n) is 9.44. The Hall–Kier alpha value is -0.940. The van der Waals surface area contributed by atoms with Gasteiger partial charge < -0.3 is 9.63 Å². The minimum Gasteiger partial charge on any atom is -0.395 e. The third kappa shape index (κ3) is 3.97. The molecule has 0 fully saturated rings. The summed E-state index contributed by atoms with van der Waals surface area (Å²) in [7, 11) is 0. The third-order valence-electron chi connectivity index (χ3n) is 2.21. The molecule has 1 aromatic rings. The Kier molecular flexibility index (Phi) is 5.28. The molecule has 0 saturated heterocycles. The van der Waals surface area contributed by atoms with E-state index in [2.05, 4.69) is 22.0 Å². The molecule has 1 N–H and O–H groups in total. The quantitative estimate of drug-likeness (QED) is 0.727. The number of nitrogens with zero attached hydrogens (tertiary/aromatic N) is 3. The highest BCUT2D eigenvalue weighted by atomic mass is 16.5. The molecule has 0 aliphatic carbocycles. The van der Waals surface area contributed by atoms with Crippen molar-refractivity contribution < 1.29 is 9.63 Å². The van der Waals surface area contributed by atoms with Crippen LogP contribution in [0.4, 0.5) is 0 Å². The van der Waals surface area contributed by atoms with Crippen LogP contribution in [0.5, 0.6) is 0 Å². The van der Waals surface area contributed by atoms with E-state index >= 15 is 0 Å². The molecule has 0 atom stereocenters. The topological polar surface area (TPSA) is 62.4 Å². The Morgan fingerprint density at radius 2 is 2.20 bits per heavy atom. The lowest BCUT2D eigenvalue weighted by molar-refractivity contribution is 0.180. The smallest absolute Gasteiger partial charge is 0.240 e. The highest BCUT2D eigenvalue weighted by Crippen LogP contribution is 2.03. The second-order valence-electron chi connectivity index (χ2n) is 3.45. The Balaban J connectivity index is 2.47. The Morgan fingerprint density at radius 1 is 1.40 bits per heavy atom. The standard InChI is InChI=1S/C10H19N3O2/c1-3-5-9-11-10(15-12-9)8-13(4-2)6-7-14/h14H,3-8H2,1-2H3. The molecule has 86 valence electrons. The number of hydrogen-bond donors (Lipinski definition) is 1. The fraction of sp³-hybridized carbons (Fsp3) is 0.800. The second-order valence-corrected chi connectivity index (χ2v) is 3.45. The summed E-state index contributed by atoms with van der Waals surface area (Å²) >= 11 is 0. The number of likely N-dealkylation sites (N-methyl/N-ethyl adjacent to an activating group) is 1. The second kappa shape index (κ2) is 6.53. The number of aliphatic hydroxyl groups excluding tert-OH is 1. The monoisotopic (exact) mass is 213 g/mol. The first-order chi connectivity index (χ1) is 7.30. The van der Waals surface area contributed by atoms with Gasteiger partial charge in [-0.25, -0.2) is 0 Å². The largest absolute Gasteiger partial charge is 0.395 e. The molecule has 5 nitrogen and oxygen atoms in total. The van der Waals surface area contributed by atoms with Crippen LogP contribution in [0.3, 0.4) is 0 Å². The van der Waals surface area contributed by atoms with E-state index in [1.807, 2.05) is 6.92 Å². The highest BCUT2D eigenvalue weighted by Gasteiger charge is 2.09. The van der Waals surface area contributed by atoms with Crippen LogP contribution in [0, 0.1) is 0 Å². The average Bonchev–Trinajstić information content (AvgIpc) is 2.66. The SMILES string of the molecule is CCCc1noc(CN(CC)CCO)n1. The van der Waals surface area contributed by atoms with Crippen molar-refractivity contribution in [1.82, 2.24) is 15.0 Å². The van der Waals surface area contributed by atoms with Crippen LogP contribution in [0.1, 0.15) is 32.0 Å². The fourth-order valence-electron chi connectivity index (χ4n) is 1.36. The predicted octanol–water partition coefficient (Wildman–Crippen LogP) is 0.836. The van der Waals surface area contributed by atoms with Crippen LogP contribution in [0.25, 0.3) is 0 Å². The lowest BCUT2D eigenvalue weighted by Crippen LogP contribution is -2.26. The first kappa shape index (κ1) is 12.1. The minimum atomic E-state index is 0.157. The van der Waals surface area contributed by atoms with Crippen LogP contribution >= 0.6 is 0 Å². The van der Waals surface area contributed by atoms with E-state index in [4.69, 9.17) is 9.63 Å². The van der Waals surface area contributed by atoms with Crippen LogP contribution in [0.15, 0.2) is 4.52 Å². The number of aryl methyl sites for hydroxylation is 1. The molecule has 15 heavy (non-hydrogen) atoms. The summed E-state index contributed by atoms with van der Waals surface area (Å²) in [4.78, 5) is 6.33. The summed E-state index contributed by atoms with van der Waals surface area (Å²) in [5.74, 6) is 1.40. The van der Waals surface area contributed by atoms with Gasteiger partial charge in [0.15, 0.2) is 5.82 Å². The molecular formula is C10H19N3O2. The van der Waals surface area contributed by atoms with Crippen molar-refractivity contribution in [2.24, 2.45) is 0 Å². The van der Waals surface area contributed by atoms with Crippen molar-refractivity contribution in [3.63, 3.8) is 0 Å². The van der Waals surface area contributed by atoms with Gasteiger partial charge in [0, 0.05) is 13.0 Å². The zero-order chi connectivity index (χ0) is 11.1. The van der Waals surface area contributed by atoms with Gasteiger partial charge >= 0.3 is 0 Å². The Bertz CT molecular complexity index is 275. The van der Waals surface area contributed by atoms with Crippen LogP contribution in [0.2, 0.25) is 0 Å². The molecule has 1 heterocycles. The lowest BCUT2D eigenvalue weighted by atomic mass is 10.3. The molecule has 0 unspecified atom stereocenters. The van der Waals surface area contributed by atoms with E-state index in [1.54, 1.807) is 0 Å². The van der Waals surface area contributed by atoms with Gasteiger partial charge in [0.1, 0.15) is 0 Å². The maximum atomic E-state index is 8.83. The molecular weight excluding hydrogens is 194 g/mol. The van der Waals surface area contributed by atoms with Crippen molar-refractivity contribution in [1.29, 1.82) is 0 Å². The summed E-state index contributed by atoms with van der Waals surface area (Å²) in [6.45, 7) is 6.41. The summed E-state index contributed by atoms with van der Waals surface area (Å²) in [5.41, 5.74) is 0. The first-order valence-corrected chi connectivity index (χ1v) is 5.44. The molecule has 1 aromatic heterocycles. The average molecular weight is 213 g/mol. The van der Waals surface area contributed by atoms with E-state index in [1.165, 1.54) is 0 Å². The van der Waals surface area contributed by atoms with E-state index < -0.39 is 0 Å². The molecule has 0 spiro atoms. The number of hydrogen-bond acceptors (Lipinski definition) is 5.